The number of anilines is 1. The van der Waals surface area contributed by atoms with Crippen LogP contribution < -0.4 is 5.32 Å². The van der Waals surface area contributed by atoms with E-state index in [1.54, 1.807) is 30.5 Å². The lowest BCUT2D eigenvalue weighted by atomic mass is 10.0. The molecule has 0 spiro atoms. The number of benzene rings is 2. The van der Waals surface area contributed by atoms with Gasteiger partial charge in [0.25, 0.3) is 0 Å². The second-order valence-electron chi connectivity index (χ2n) is 8.85. The summed E-state index contributed by atoms with van der Waals surface area (Å²) in [6.07, 6.45) is -1.00. The maximum Gasteiger partial charge on any atom is 0.417 e. The maximum atomic E-state index is 13.2. The monoisotopic (exact) mass is 525 g/mol. The third-order valence-electron chi connectivity index (χ3n) is 6.52. The van der Waals surface area contributed by atoms with Gasteiger partial charge >= 0.3 is 6.18 Å². The Bertz CT molecular complexity index is 1570. The van der Waals surface area contributed by atoms with Crippen LogP contribution in [0.4, 0.5) is 19.0 Å². The van der Waals surface area contributed by atoms with Crippen LogP contribution in [-0.2, 0) is 16.2 Å². The van der Waals surface area contributed by atoms with Gasteiger partial charge in [-0.2, -0.15) is 22.7 Å². The summed E-state index contributed by atoms with van der Waals surface area (Å²) >= 11 is 0. The number of nitrogens with one attached hydrogen (secondary N) is 2. The highest BCUT2D eigenvalue weighted by atomic mass is 32.2. The Balaban J connectivity index is 1.23. The fourth-order valence-electron chi connectivity index (χ4n) is 4.46. The molecular formula is C26H22F3N5O2S. The molecule has 1 saturated heterocycles. The van der Waals surface area contributed by atoms with E-state index in [1.807, 2.05) is 18.2 Å². The van der Waals surface area contributed by atoms with Gasteiger partial charge in [-0.1, -0.05) is 24.3 Å². The zero-order valence-electron chi connectivity index (χ0n) is 19.5. The molecule has 37 heavy (non-hydrogen) atoms. The molecule has 0 unspecified atom stereocenters. The van der Waals surface area contributed by atoms with Gasteiger partial charge < -0.3 is 10.3 Å². The predicted octanol–water partition coefficient (Wildman–Crippen LogP) is 5.39. The number of hydrogen-bond donors (Lipinski definition) is 2. The summed E-state index contributed by atoms with van der Waals surface area (Å²) in [6.45, 7) is 0.570. The molecule has 1 aliphatic rings. The molecule has 2 N–H and O–H groups in total. The van der Waals surface area contributed by atoms with Crippen LogP contribution >= 0.6 is 0 Å². The van der Waals surface area contributed by atoms with Crippen molar-refractivity contribution in [3.63, 3.8) is 0 Å². The molecule has 1 aliphatic heterocycles. The van der Waals surface area contributed by atoms with Crippen molar-refractivity contribution in [2.24, 2.45) is 0 Å². The van der Waals surface area contributed by atoms with E-state index in [0.29, 0.717) is 24.2 Å². The van der Waals surface area contributed by atoms with Crippen molar-refractivity contribution in [2.75, 3.05) is 18.4 Å². The first-order valence-electron chi connectivity index (χ1n) is 11.6. The summed E-state index contributed by atoms with van der Waals surface area (Å²) in [5.41, 5.74) is 2.32. The third kappa shape index (κ3) is 5.03. The second kappa shape index (κ2) is 9.53. The molecule has 5 rings (SSSR count). The van der Waals surface area contributed by atoms with Crippen LogP contribution in [0, 0.1) is 11.3 Å². The van der Waals surface area contributed by atoms with Crippen molar-refractivity contribution in [2.45, 2.75) is 30.0 Å². The summed E-state index contributed by atoms with van der Waals surface area (Å²) in [4.78, 5) is 7.10. The number of sulfonamides is 1. The molecule has 11 heteroatoms. The van der Waals surface area contributed by atoms with Gasteiger partial charge in [0, 0.05) is 42.4 Å². The minimum absolute atomic E-state index is 0.0949. The number of piperidine rings is 1. The second-order valence-corrected chi connectivity index (χ2v) is 10.8. The van der Waals surface area contributed by atoms with Crippen LogP contribution in [0.5, 0.6) is 0 Å². The lowest BCUT2D eigenvalue weighted by Gasteiger charge is -2.32. The smallest absolute Gasteiger partial charge is 0.367 e. The van der Waals surface area contributed by atoms with E-state index >= 15 is 0 Å². The normalized spacial score (nSPS) is 15.5. The molecule has 0 bridgehead atoms. The van der Waals surface area contributed by atoms with E-state index in [4.69, 9.17) is 5.26 Å². The number of nitriles is 1. The minimum Gasteiger partial charge on any atom is -0.367 e. The summed E-state index contributed by atoms with van der Waals surface area (Å²) in [5, 5.41) is 13.1. The molecule has 0 aliphatic carbocycles. The van der Waals surface area contributed by atoms with Crippen molar-refractivity contribution in [3.05, 3.63) is 78.1 Å². The van der Waals surface area contributed by atoms with Crippen molar-refractivity contribution in [1.29, 1.82) is 5.26 Å². The molecule has 0 atom stereocenters. The van der Waals surface area contributed by atoms with E-state index in [2.05, 4.69) is 21.4 Å². The fraction of sp³-hybridized carbons (Fsp3) is 0.231. The van der Waals surface area contributed by atoms with Gasteiger partial charge in [-0.15, -0.1) is 0 Å². The van der Waals surface area contributed by atoms with Crippen molar-refractivity contribution >= 4 is 26.7 Å². The first-order valence-corrected chi connectivity index (χ1v) is 13.0. The van der Waals surface area contributed by atoms with Crippen LogP contribution in [0.2, 0.25) is 0 Å². The lowest BCUT2D eigenvalue weighted by Crippen LogP contribution is -2.42. The molecule has 2 aromatic heterocycles. The molecule has 3 heterocycles. The Labute approximate surface area is 211 Å². The zero-order valence-corrected chi connectivity index (χ0v) is 20.3. The molecule has 7 nitrogen and oxygen atoms in total. The number of alkyl halides is 3. The van der Waals surface area contributed by atoms with Crippen molar-refractivity contribution in [3.8, 4) is 17.2 Å². The largest absolute Gasteiger partial charge is 0.417 e. The molecule has 0 amide bonds. The summed E-state index contributed by atoms with van der Waals surface area (Å²) in [7, 11) is -3.69. The van der Waals surface area contributed by atoms with Gasteiger partial charge in [0.1, 0.15) is 11.9 Å². The summed E-state index contributed by atoms with van der Waals surface area (Å²) in [6, 6.07) is 16.7. The van der Waals surface area contributed by atoms with Gasteiger partial charge in [0.15, 0.2) is 0 Å². The molecule has 0 saturated carbocycles. The Morgan fingerprint density at radius 3 is 2.35 bits per heavy atom. The van der Waals surface area contributed by atoms with Crippen LogP contribution in [0.25, 0.3) is 22.0 Å². The lowest BCUT2D eigenvalue weighted by molar-refractivity contribution is -0.137. The molecule has 0 radical (unpaired) electrons. The Morgan fingerprint density at radius 2 is 1.73 bits per heavy atom. The number of H-pyrrole nitrogens is 1. The van der Waals surface area contributed by atoms with Crippen LogP contribution in [0.1, 0.15) is 24.0 Å². The van der Waals surface area contributed by atoms with Gasteiger partial charge in [0.2, 0.25) is 10.0 Å². The topological polar surface area (TPSA) is 102 Å². The molecule has 1 fully saturated rings. The number of nitrogens with zero attached hydrogens (tertiary/aromatic N) is 3. The van der Waals surface area contributed by atoms with E-state index in [9.17, 15) is 21.6 Å². The van der Waals surface area contributed by atoms with Gasteiger partial charge in [-0.05, 0) is 54.3 Å². The number of aromatic nitrogens is 2. The average Bonchev–Trinajstić information content (AvgIpc) is 3.31. The van der Waals surface area contributed by atoms with Crippen LogP contribution in [0.15, 0.2) is 71.9 Å². The molecule has 190 valence electrons. The predicted molar refractivity (Wildman–Crippen MR) is 133 cm³/mol. The number of rotatable bonds is 5. The number of hydrogen-bond acceptors (Lipinski definition) is 5. The quantitative estimate of drug-likeness (QED) is 0.364. The highest BCUT2D eigenvalue weighted by molar-refractivity contribution is 7.89. The minimum atomic E-state index is -4.44. The van der Waals surface area contributed by atoms with E-state index in [1.165, 1.54) is 10.4 Å². The number of pyridine rings is 1. The zero-order chi connectivity index (χ0) is 26.2. The van der Waals surface area contributed by atoms with Gasteiger partial charge in [0.05, 0.1) is 16.0 Å². The van der Waals surface area contributed by atoms with E-state index < -0.39 is 21.8 Å². The van der Waals surface area contributed by atoms with Gasteiger partial charge in [-0.25, -0.2) is 13.4 Å². The first kappa shape index (κ1) is 24.8. The Kier molecular flexibility index (Phi) is 6.39. The number of aromatic amines is 1. The number of halogens is 3. The molecule has 4 aromatic rings. The first-order chi connectivity index (χ1) is 17.6. The van der Waals surface area contributed by atoms with E-state index in [-0.39, 0.29) is 24.0 Å². The summed E-state index contributed by atoms with van der Waals surface area (Å²) < 4.78 is 66.0. The van der Waals surface area contributed by atoms with E-state index in [0.717, 1.165) is 34.3 Å². The van der Waals surface area contributed by atoms with Crippen LogP contribution in [0.3, 0.4) is 0 Å². The third-order valence-corrected chi connectivity index (χ3v) is 8.44. The highest BCUT2D eigenvalue weighted by Crippen LogP contribution is 2.30. The van der Waals surface area contributed by atoms with Crippen molar-refractivity contribution < 1.29 is 21.6 Å². The Morgan fingerprint density at radius 1 is 1.03 bits per heavy atom. The Hall–Kier alpha value is -3.88. The highest BCUT2D eigenvalue weighted by Gasteiger charge is 2.32. The number of fused-ring (bicyclic) bond motifs is 1. The van der Waals surface area contributed by atoms with Crippen molar-refractivity contribution in [1.82, 2.24) is 14.3 Å². The van der Waals surface area contributed by atoms with Crippen LogP contribution in [-0.4, -0.2) is 41.8 Å². The molecule has 2 aromatic carbocycles. The average molecular weight is 526 g/mol. The van der Waals surface area contributed by atoms with Gasteiger partial charge in [-0.3, -0.25) is 0 Å². The SMILES string of the molecule is N#Cc1c[nH]c2cc(-c3ccc(S(=O)(=O)N4CCC(Nc5ccc(C(F)(F)F)cn5)CC4)cc3)ccc12. The molecular weight excluding hydrogens is 503 g/mol. The summed E-state index contributed by atoms with van der Waals surface area (Å²) in [5.74, 6) is 0.325. The maximum absolute atomic E-state index is 13.2. The fourth-order valence-corrected chi connectivity index (χ4v) is 5.93. The standard InChI is InChI=1S/C26H22F3N5O2S/c27-26(28,29)20-4-8-25(32-16-20)33-21-9-11-34(12-10-21)37(35,36)22-5-1-17(2-6-22)18-3-7-23-19(14-30)15-31-24(23)13-18/h1-8,13,15-16,21,31H,9-12H2,(H,32,33).